The molecule has 1 aliphatic rings. The number of alkyl halides is 1. The zero-order chi connectivity index (χ0) is 9.42. The van der Waals surface area contributed by atoms with E-state index in [1.165, 1.54) is 0 Å². The first-order chi connectivity index (χ1) is 6.16. The van der Waals surface area contributed by atoms with Crippen LogP contribution in [0.4, 0.5) is 4.39 Å². The van der Waals surface area contributed by atoms with Crippen LogP contribution in [0.15, 0.2) is 6.20 Å². The summed E-state index contributed by atoms with van der Waals surface area (Å²) in [7, 11) is 1.86. The molecule has 1 aromatic heterocycles. The van der Waals surface area contributed by atoms with Crippen LogP contribution in [0.25, 0.3) is 0 Å². The smallest absolute Gasteiger partial charge is 0.128 e. The van der Waals surface area contributed by atoms with Gasteiger partial charge in [0.25, 0.3) is 0 Å². The zero-order valence-corrected chi connectivity index (χ0v) is 8.13. The van der Waals surface area contributed by atoms with Gasteiger partial charge in [-0.05, 0) is 0 Å². The van der Waals surface area contributed by atoms with Gasteiger partial charge in [0.2, 0.25) is 0 Å². The molecule has 1 aromatic rings. The van der Waals surface area contributed by atoms with Gasteiger partial charge in [0.1, 0.15) is 17.1 Å². The van der Waals surface area contributed by atoms with Crippen molar-refractivity contribution in [3.8, 4) is 0 Å². The van der Waals surface area contributed by atoms with Crippen LogP contribution in [0.5, 0.6) is 0 Å². The van der Waals surface area contributed by atoms with Gasteiger partial charge in [-0.2, -0.15) is 0 Å². The van der Waals surface area contributed by atoms with E-state index in [0.717, 1.165) is 5.82 Å². The quantitative estimate of drug-likeness (QED) is 0.721. The lowest BCUT2D eigenvalue weighted by atomic mass is 10.2. The van der Waals surface area contributed by atoms with E-state index in [-0.39, 0.29) is 0 Å². The summed E-state index contributed by atoms with van der Waals surface area (Å²) in [4.78, 5) is 6.13. The highest BCUT2D eigenvalue weighted by atomic mass is 35.5. The summed E-state index contributed by atoms with van der Waals surface area (Å²) in [5.41, 5.74) is 0. The fraction of sp³-hybridized carbons (Fsp3) is 0.625. The summed E-state index contributed by atoms with van der Waals surface area (Å²) in [5, 5.41) is 0.618. The largest absolute Gasteiger partial charge is 0.321 e. The molecule has 0 amide bonds. The summed E-state index contributed by atoms with van der Waals surface area (Å²) in [6.45, 7) is 1.72. The molecule has 0 aliphatic carbocycles. The van der Waals surface area contributed by atoms with E-state index in [4.69, 9.17) is 11.6 Å². The Morgan fingerprint density at radius 2 is 2.38 bits per heavy atom. The molecule has 1 fully saturated rings. The molecule has 0 atom stereocenters. The molecule has 1 aliphatic heterocycles. The number of imidazole rings is 1. The van der Waals surface area contributed by atoms with Crippen molar-refractivity contribution in [2.24, 2.45) is 7.05 Å². The third-order valence-electron chi connectivity index (χ3n) is 2.31. The molecular weight excluding hydrogens is 193 g/mol. The van der Waals surface area contributed by atoms with Gasteiger partial charge >= 0.3 is 0 Å². The molecule has 0 saturated carbocycles. The number of nitrogens with zero attached hydrogens (tertiary/aromatic N) is 3. The van der Waals surface area contributed by atoms with E-state index < -0.39 is 6.17 Å². The van der Waals surface area contributed by atoms with E-state index in [1.54, 1.807) is 6.20 Å². The van der Waals surface area contributed by atoms with Crippen LogP contribution >= 0.6 is 11.6 Å². The van der Waals surface area contributed by atoms with Crippen LogP contribution in [0.2, 0.25) is 5.15 Å². The monoisotopic (exact) mass is 203 g/mol. The SMILES string of the molecule is Cn1c(Cl)cnc1CN1CC(F)C1. The number of hydrogen-bond donors (Lipinski definition) is 0. The molecule has 13 heavy (non-hydrogen) atoms. The number of halogens is 2. The molecular formula is C8H11ClFN3. The Morgan fingerprint density at radius 3 is 2.85 bits per heavy atom. The summed E-state index contributed by atoms with van der Waals surface area (Å²) < 4.78 is 14.3. The Bertz CT molecular complexity index is 306. The normalized spacial score (nSPS) is 19.0. The van der Waals surface area contributed by atoms with Crippen LogP contribution in [0.3, 0.4) is 0 Å². The highest BCUT2D eigenvalue weighted by molar-refractivity contribution is 6.29. The first-order valence-corrected chi connectivity index (χ1v) is 4.57. The van der Waals surface area contributed by atoms with E-state index in [0.29, 0.717) is 24.8 Å². The lowest BCUT2D eigenvalue weighted by molar-refractivity contribution is 0.0562. The summed E-state index contributed by atoms with van der Waals surface area (Å²) in [6, 6.07) is 0. The fourth-order valence-electron chi connectivity index (χ4n) is 1.41. The number of rotatable bonds is 2. The number of aromatic nitrogens is 2. The van der Waals surface area contributed by atoms with Gasteiger partial charge in [-0.1, -0.05) is 11.6 Å². The van der Waals surface area contributed by atoms with Gasteiger partial charge < -0.3 is 4.57 Å². The van der Waals surface area contributed by atoms with Gasteiger partial charge in [0, 0.05) is 20.1 Å². The Hall–Kier alpha value is -0.610. The Balaban J connectivity index is 1.98. The summed E-state index contributed by atoms with van der Waals surface area (Å²) in [5.74, 6) is 0.886. The minimum atomic E-state index is -0.657. The van der Waals surface area contributed by atoms with E-state index in [9.17, 15) is 4.39 Å². The summed E-state index contributed by atoms with van der Waals surface area (Å²) in [6.07, 6.45) is 0.958. The van der Waals surface area contributed by atoms with Crippen LogP contribution in [0.1, 0.15) is 5.82 Å². The molecule has 72 valence electrons. The standard InChI is InChI=1S/C8H11ClFN3/c1-12-7(9)2-11-8(12)5-13-3-6(10)4-13/h2,6H,3-5H2,1H3. The fourth-order valence-corrected chi connectivity index (χ4v) is 1.55. The molecule has 0 spiro atoms. The molecule has 0 aromatic carbocycles. The topological polar surface area (TPSA) is 21.1 Å². The molecule has 2 rings (SSSR count). The van der Waals surface area contributed by atoms with Gasteiger partial charge in [-0.15, -0.1) is 0 Å². The highest BCUT2D eigenvalue weighted by Crippen LogP contribution is 2.16. The predicted molar refractivity (Wildman–Crippen MR) is 48.4 cm³/mol. The van der Waals surface area contributed by atoms with Gasteiger partial charge in [-0.3, -0.25) is 4.90 Å². The van der Waals surface area contributed by atoms with Crippen LogP contribution in [-0.2, 0) is 13.6 Å². The number of hydrogen-bond acceptors (Lipinski definition) is 2. The van der Waals surface area contributed by atoms with Crippen molar-refractivity contribution in [3.05, 3.63) is 17.2 Å². The first-order valence-electron chi connectivity index (χ1n) is 4.19. The molecule has 3 nitrogen and oxygen atoms in total. The maximum absolute atomic E-state index is 12.5. The molecule has 0 radical (unpaired) electrons. The Morgan fingerprint density at radius 1 is 1.69 bits per heavy atom. The van der Waals surface area contributed by atoms with Crippen molar-refractivity contribution >= 4 is 11.6 Å². The van der Waals surface area contributed by atoms with Crippen LogP contribution in [-0.4, -0.2) is 33.7 Å². The molecule has 0 unspecified atom stereocenters. The second kappa shape index (κ2) is 3.27. The van der Waals surface area contributed by atoms with Crippen molar-refractivity contribution in [2.75, 3.05) is 13.1 Å². The third kappa shape index (κ3) is 1.69. The zero-order valence-electron chi connectivity index (χ0n) is 7.37. The molecule has 1 saturated heterocycles. The molecule has 2 heterocycles. The maximum Gasteiger partial charge on any atom is 0.128 e. The second-order valence-electron chi connectivity index (χ2n) is 3.35. The van der Waals surface area contributed by atoms with Crippen LogP contribution in [0, 0.1) is 0 Å². The first kappa shape index (κ1) is 8.97. The van der Waals surface area contributed by atoms with E-state index in [1.807, 2.05) is 16.5 Å². The average Bonchev–Trinajstić information content (AvgIpc) is 2.33. The minimum absolute atomic E-state index is 0.518. The second-order valence-corrected chi connectivity index (χ2v) is 3.73. The lowest BCUT2D eigenvalue weighted by Gasteiger charge is -2.33. The number of likely N-dealkylation sites (tertiary alicyclic amines) is 1. The van der Waals surface area contributed by atoms with Crippen molar-refractivity contribution in [2.45, 2.75) is 12.7 Å². The summed E-state index contributed by atoms with van der Waals surface area (Å²) >= 11 is 5.81. The van der Waals surface area contributed by atoms with Gasteiger partial charge in [0.05, 0.1) is 12.7 Å². The maximum atomic E-state index is 12.5. The third-order valence-corrected chi connectivity index (χ3v) is 2.66. The average molecular weight is 204 g/mol. The van der Waals surface area contributed by atoms with Crippen molar-refractivity contribution < 1.29 is 4.39 Å². The molecule has 5 heteroatoms. The van der Waals surface area contributed by atoms with E-state index in [2.05, 4.69) is 4.98 Å². The van der Waals surface area contributed by atoms with Gasteiger partial charge in [-0.25, -0.2) is 9.37 Å². The van der Waals surface area contributed by atoms with Crippen molar-refractivity contribution in [3.63, 3.8) is 0 Å². The minimum Gasteiger partial charge on any atom is -0.321 e. The van der Waals surface area contributed by atoms with Crippen molar-refractivity contribution in [1.82, 2.24) is 14.5 Å². The molecule has 0 N–H and O–H groups in total. The van der Waals surface area contributed by atoms with Crippen LogP contribution < -0.4 is 0 Å². The lowest BCUT2D eigenvalue weighted by Crippen LogP contribution is -2.47. The van der Waals surface area contributed by atoms with Gasteiger partial charge in [0.15, 0.2) is 0 Å². The Labute approximate surface area is 81.1 Å². The predicted octanol–water partition coefficient (Wildman–Crippen LogP) is 1.23. The van der Waals surface area contributed by atoms with Crippen molar-refractivity contribution in [1.29, 1.82) is 0 Å². The molecule has 0 bridgehead atoms. The highest BCUT2D eigenvalue weighted by Gasteiger charge is 2.26. The van der Waals surface area contributed by atoms with E-state index >= 15 is 0 Å². The Kier molecular flexibility index (Phi) is 2.26.